The lowest BCUT2D eigenvalue weighted by Gasteiger charge is -2.18. The molecule has 1 aliphatic heterocycles. The molecular formula is C22H21Cl2N5O3. The van der Waals surface area contributed by atoms with Crippen molar-refractivity contribution in [3.05, 3.63) is 75.2 Å². The number of amides is 1. The van der Waals surface area contributed by atoms with Crippen molar-refractivity contribution in [2.75, 3.05) is 11.9 Å². The van der Waals surface area contributed by atoms with Crippen molar-refractivity contribution in [3.8, 4) is 0 Å². The van der Waals surface area contributed by atoms with Crippen LogP contribution in [-0.2, 0) is 17.8 Å². The van der Waals surface area contributed by atoms with Crippen LogP contribution in [0.1, 0.15) is 46.1 Å². The summed E-state index contributed by atoms with van der Waals surface area (Å²) < 4.78 is 1.62. The molecule has 3 N–H and O–H groups in total. The van der Waals surface area contributed by atoms with Gasteiger partial charge in [0.05, 0.1) is 36.5 Å². The SMILES string of the molecule is O=C(O)CC(NC(=O)c1cnn(Cc2ccc3c(n2)NCCC3)c1)c1cc(Cl)cc(Cl)c1. The number of anilines is 1. The van der Waals surface area contributed by atoms with Gasteiger partial charge in [0.15, 0.2) is 0 Å². The van der Waals surface area contributed by atoms with Gasteiger partial charge in [0, 0.05) is 22.8 Å². The van der Waals surface area contributed by atoms with E-state index in [9.17, 15) is 14.7 Å². The number of pyridine rings is 1. The van der Waals surface area contributed by atoms with Gasteiger partial charge in [-0.1, -0.05) is 29.3 Å². The van der Waals surface area contributed by atoms with Crippen LogP contribution in [0, 0.1) is 0 Å². The number of aromatic nitrogens is 3. The molecule has 0 spiro atoms. The highest BCUT2D eigenvalue weighted by Crippen LogP contribution is 2.26. The van der Waals surface area contributed by atoms with E-state index in [1.807, 2.05) is 6.07 Å². The molecule has 1 aliphatic rings. The van der Waals surface area contributed by atoms with Crippen molar-refractivity contribution in [3.63, 3.8) is 0 Å². The number of nitrogens with one attached hydrogen (secondary N) is 2. The standard InChI is InChI=1S/C22H21Cl2N5O3/c23-16-6-14(7-17(24)8-16)19(9-20(30)31)28-22(32)15-10-26-29(11-15)12-18-4-3-13-2-1-5-25-21(13)27-18/h3-4,6-8,10-11,19H,1-2,5,9,12H2,(H,25,27)(H,28,32)(H,30,31). The zero-order valence-electron chi connectivity index (χ0n) is 17.0. The topological polar surface area (TPSA) is 109 Å². The molecule has 8 nitrogen and oxygen atoms in total. The van der Waals surface area contributed by atoms with Crippen LogP contribution in [0.3, 0.4) is 0 Å². The molecule has 0 saturated carbocycles. The number of carbonyl (C=O) groups is 2. The van der Waals surface area contributed by atoms with E-state index < -0.39 is 17.9 Å². The smallest absolute Gasteiger partial charge is 0.305 e. The van der Waals surface area contributed by atoms with Crippen molar-refractivity contribution >= 4 is 40.9 Å². The second-order valence-electron chi connectivity index (χ2n) is 7.59. The lowest BCUT2D eigenvalue weighted by atomic mass is 10.0. The summed E-state index contributed by atoms with van der Waals surface area (Å²) in [6, 6.07) is 7.93. The summed E-state index contributed by atoms with van der Waals surface area (Å²) in [5.74, 6) is -0.608. The van der Waals surface area contributed by atoms with Crippen LogP contribution in [-0.4, -0.2) is 38.3 Å². The monoisotopic (exact) mass is 473 g/mol. The van der Waals surface area contributed by atoms with Gasteiger partial charge in [-0.3, -0.25) is 14.3 Å². The minimum atomic E-state index is -1.06. The third-order valence-electron chi connectivity index (χ3n) is 5.14. The number of hydrogen-bond acceptors (Lipinski definition) is 5. The van der Waals surface area contributed by atoms with Gasteiger partial charge in [0.2, 0.25) is 0 Å². The molecule has 1 amide bonds. The Morgan fingerprint density at radius 3 is 2.75 bits per heavy atom. The number of nitrogens with zero attached hydrogens (tertiary/aromatic N) is 3. The molecule has 4 rings (SSSR count). The zero-order chi connectivity index (χ0) is 22.7. The van der Waals surface area contributed by atoms with E-state index in [0.717, 1.165) is 30.9 Å². The van der Waals surface area contributed by atoms with Crippen LogP contribution in [0.15, 0.2) is 42.7 Å². The Balaban J connectivity index is 1.47. The Morgan fingerprint density at radius 1 is 1.22 bits per heavy atom. The highest BCUT2D eigenvalue weighted by molar-refractivity contribution is 6.34. The highest BCUT2D eigenvalue weighted by atomic mass is 35.5. The number of carbonyl (C=O) groups excluding carboxylic acids is 1. The van der Waals surface area contributed by atoms with Crippen LogP contribution in [0.4, 0.5) is 5.82 Å². The quantitative estimate of drug-likeness (QED) is 0.479. The summed E-state index contributed by atoms with van der Waals surface area (Å²) in [7, 11) is 0. The molecule has 10 heteroatoms. The number of hydrogen-bond donors (Lipinski definition) is 3. The fourth-order valence-electron chi connectivity index (χ4n) is 3.63. The molecule has 1 unspecified atom stereocenters. The first-order valence-electron chi connectivity index (χ1n) is 10.1. The summed E-state index contributed by atoms with van der Waals surface area (Å²) in [5.41, 5.74) is 2.85. The molecule has 0 saturated heterocycles. The molecule has 0 fully saturated rings. The second kappa shape index (κ2) is 9.58. The van der Waals surface area contributed by atoms with Crippen molar-refractivity contribution in [2.24, 2.45) is 0 Å². The number of rotatable bonds is 7. The molecule has 0 aliphatic carbocycles. The molecule has 2 aromatic heterocycles. The lowest BCUT2D eigenvalue weighted by Crippen LogP contribution is -2.30. The number of fused-ring (bicyclic) bond motifs is 1. The van der Waals surface area contributed by atoms with Crippen LogP contribution >= 0.6 is 23.2 Å². The van der Waals surface area contributed by atoms with Crippen LogP contribution in [0.2, 0.25) is 10.0 Å². The van der Waals surface area contributed by atoms with E-state index >= 15 is 0 Å². The number of aryl methyl sites for hydroxylation is 1. The maximum atomic E-state index is 12.8. The molecule has 3 aromatic rings. The summed E-state index contributed by atoms with van der Waals surface area (Å²) in [5, 5.41) is 20.3. The van der Waals surface area contributed by atoms with E-state index in [1.165, 1.54) is 11.8 Å². The number of aliphatic carboxylic acids is 1. The predicted octanol–water partition coefficient (Wildman–Crippen LogP) is 3.94. The molecule has 1 atom stereocenters. The van der Waals surface area contributed by atoms with Crippen LogP contribution < -0.4 is 10.6 Å². The van der Waals surface area contributed by atoms with Gasteiger partial charge in [0.1, 0.15) is 5.82 Å². The molecule has 0 radical (unpaired) electrons. The predicted molar refractivity (Wildman–Crippen MR) is 121 cm³/mol. The van der Waals surface area contributed by atoms with E-state index in [4.69, 9.17) is 23.2 Å². The lowest BCUT2D eigenvalue weighted by molar-refractivity contribution is -0.137. The Kier molecular flexibility index (Phi) is 6.62. The van der Waals surface area contributed by atoms with Crippen LogP contribution in [0.5, 0.6) is 0 Å². The first kappa shape index (κ1) is 22.1. The number of carboxylic acids is 1. The maximum absolute atomic E-state index is 12.8. The normalized spacial score (nSPS) is 13.7. The van der Waals surface area contributed by atoms with Crippen molar-refractivity contribution in [2.45, 2.75) is 31.8 Å². The van der Waals surface area contributed by atoms with E-state index in [2.05, 4.69) is 26.8 Å². The largest absolute Gasteiger partial charge is 0.481 e. The number of benzene rings is 1. The minimum absolute atomic E-state index is 0.310. The summed E-state index contributed by atoms with van der Waals surface area (Å²) >= 11 is 12.1. The Labute approximate surface area is 194 Å². The third kappa shape index (κ3) is 5.38. The number of carboxylic acid groups (broad SMARTS) is 1. The fraction of sp³-hybridized carbons (Fsp3) is 0.273. The van der Waals surface area contributed by atoms with Gasteiger partial charge >= 0.3 is 5.97 Å². The molecule has 166 valence electrons. The van der Waals surface area contributed by atoms with Gasteiger partial charge in [-0.15, -0.1) is 0 Å². The van der Waals surface area contributed by atoms with Gasteiger partial charge in [0.25, 0.3) is 5.91 Å². The summed E-state index contributed by atoms with van der Waals surface area (Å²) in [6.07, 6.45) is 4.83. The summed E-state index contributed by atoms with van der Waals surface area (Å²) in [4.78, 5) is 28.8. The van der Waals surface area contributed by atoms with Crippen molar-refractivity contribution < 1.29 is 14.7 Å². The molecule has 3 heterocycles. The maximum Gasteiger partial charge on any atom is 0.305 e. The van der Waals surface area contributed by atoms with E-state index in [1.54, 1.807) is 29.1 Å². The Bertz CT molecular complexity index is 1140. The fourth-order valence-corrected chi connectivity index (χ4v) is 4.18. The second-order valence-corrected chi connectivity index (χ2v) is 8.47. The Morgan fingerprint density at radius 2 is 2.00 bits per heavy atom. The van der Waals surface area contributed by atoms with E-state index in [0.29, 0.717) is 27.7 Å². The van der Waals surface area contributed by atoms with Crippen molar-refractivity contribution in [1.82, 2.24) is 20.1 Å². The molecule has 32 heavy (non-hydrogen) atoms. The van der Waals surface area contributed by atoms with Gasteiger partial charge in [-0.25, -0.2) is 4.98 Å². The van der Waals surface area contributed by atoms with E-state index in [-0.39, 0.29) is 6.42 Å². The molecule has 1 aromatic carbocycles. The van der Waals surface area contributed by atoms with Gasteiger partial charge < -0.3 is 15.7 Å². The zero-order valence-corrected chi connectivity index (χ0v) is 18.5. The highest BCUT2D eigenvalue weighted by Gasteiger charge is 2.21. The summed E-state index contributed by atoms with van der Waals surface area (Å²) in [6.45, 7) is 1.32. The average molecular weight is 474 g/mol. The van der Waals surface area contributed by atoms with Gasteiger partial charge in [-0.2, -0.15) is 5.10 Å². The first-order valence-corrected chi connectivity index (χ1v) is 10.9. The Hall–Kier alpha value is -3.10. The molecule has 0 bridgehead atoms. The molecular weight excluding hydrogens is 453 g/mol. The first-order chi connectivity index (χ1) is 15.4. The third-order valence-corrected chi connectivity index (χ3v) is 5.58. The van der Waals surface area contributed by atoms with Crippen molar-refractivity contribution in [1.29, 1.82) is 0 Å². The van der Waals surface area contributed by atoms with Gasteiger partial charge in [-0.05, 0) is 48.2 Å². The minimum Gasteiger partial charge on any atom is -0.481 e. The average Bonchev–Trinajstić information content (AvgIpc) is 3.21. The number of halogens is 2. The van der Waals surface area contributed by atoms with Crippen LogP contribution in [0.25, 0.3) is 0 Å².